The number of amides is 2. The molecule has 0 aromatic carbocycles. The number of rotatable bonds is 6. The van der Waals surface area contributed by atoms with Crippen LogP contribution in [0.2, 0.25) is 0 Å². The maximum atomic E-state index is 11.8. The first-order valence-corrected chi connectivity index (χ1v) is 7.84. The summed E-state index contributed by atoms with van der Waals surface area (Å²) in [6.07, 6.45) is 4.17. The van der Waals surface area contributed by atoms with E-state index in [0.717, 1.165) is 37.0 Å². The fraction of sp³-hybridized carbons (Fsp3) is 0.500. The van der Waals surface area contributed by atoms with Gasteiger partial charge in [-0.05, 0) is 24.3 Å². The van der Waals surface area contributed by atoms with Crippen LogP contribution in [-0.4, -0.2) is 29.4 Å². The molecular formula is C14H18N2O4S. The second-order valence-corrected chi connectivity index (χ2v) is 5.96. The third-order valence-electron chi connectivity index (χ3n) is 3.51. The Labute approximate surface area is 126 Å². The lowest BCUT2D eigenvalue weighted by Crippen LogP contribution is -2.32. The van der Waals surface area contributed by atoms with Crippen LogP contribution >= 0.6 is 11.3 Å². The molecule has 114 valence electrons. The van der Waals surface area contributed by atoms with Crippen molar-refractivity contribution in [3.05, 3.63) is 16.3 Å². The van der Waals surface area contributed by atoms with E-state index in [2.05, 4.69) is 10.6 Å². The smallest absolute Gasteiger partial charge is 0.348 e. The van der Waals surface area contributed by atoms with E-state index in [4.69, 9.17) is 5.11 Å². The van der Waals surface area contributed by atoms with Gasteiger partial charge in [-0.3, -0.25) is 9.59 Å². The SMILES string of the molecule is O=C(CCNC(=O)C1CCCC1)Nc1ccsc1C(=O)O. The number of aromatic carboxylic acids is 1. The second kappa shape index (κ2) is 7.21. The predicted molar refractivity (Wildman–Crippen MR) is 79.5 cm³/mol. The van der Waals surface area contributed by atoms with E-state index in [-0.39, 0.29) is 35.6 Å². The maximum absolute atomic E-state index is 11.8. The average Bonchev–Trinajstić information content (AvgIpc) is 3.09. The van der Waals surface area contributed by atoms with Crippen molar-refractivity contribution in [3.63, 3.8) is 0 Å². The molecule has 2 rings (SSSR count). The van der Waals surface area contributed by atoms with Crippen LogP contribution in [0.3, 0.4) is 0 Å². The van der Waals surface area contributed by atoms with Gasteiger partial charge in [0.2, 0.25) is 11.8 Å². The van der Waals surface area contributed by atoms with Crippen LogP contribution < -0.4 is 10.6 Å². The molecule has 2 amide bonds. The number of nitrogens with one attached hydrogen (secondary N) is 2. The Kier molecular flexibility index (Phi) is 5.32. The molecule has 1 heterocycles. The van der Waals surface area contributed by atoms with Crippen molar-refractivity contribution in [1.29, 1.82) is 0 Å². The summed E-state index contributed by atoms with van der Waals surface area (Å²) in [4.78, 5) is 34.5. The van der Waals surface area contributed by atoms with Gasteiger partial charge in [-0.1, -0.05) is 12.8 Å². The highest BCUT2D eigenvalue weighted by Gasteiger charge is 2.22. The largest absolute Gasteiger partial charge is 0.477 e. The molecule has 0 atom stereocenters. The summed E-state index contributed by atoms with van der Waals surface area (Å²) in [6.45, 7) is 0.272. The Bertz CT molecular complexity index is 535. The van der Waals surface area contributed by atoms with Crippen molar-refractivity contribution in [3.8, 4) is 0 Å². The van der Waals surface area contributed by atoms with E-state index in [1.54, 1.807) is 11.4 Å². The van der Waals surface area contributed by atoms with E-state index in [1.807, 2.05) is 0 Å². The summed E-state index contributed by atoms with van der Waals surface area (Å²) in [7, 11) is 0. The second-order valence-electron chi connectivity index (χ2n) is 5.04. The molecule has 1 fully saturated rings. The third kappa shape index (κ3) is 4.29. The number of carboxylic acids is 1. The molecule has 0 spiro atoms. The van der Waals surface area contributed by atoms with Gasteiger partial charge in [-0.15, -0.1) is 11.3 Å². The molecule has 0 radical (unpaired) electrons. The minimum atomic E-state index is -1.06. The van der Waals surface area contributed by atoms with Crippen LogP contribution in [0.4, 0.5) is 5.69 Å². The Hall–Kier alpha value is -1.89. The van der Waals surface area contributed by atoms with Gasteiger partial charge in [0.05, 0.1) is 5.69 Å². The van der Waals surface area contributed by atoms with E-state index < -0.39 is 5.97 Å². The molecule has 0 bridgehead atoms. The van der Waals surface area contributed by atoms with Crippen LogP contribution in [0.1, 0.15) is 41.8 Å². The molecule has 1 aromatic heterocycles. The fourth-order valence-corrected chi connectivity index (χ4v) is 3.10. The minimum absolute atomic E-state index is 0.0158. The number of carbonyl (C=O) groups is 3. The molecule has 1 aromatic rings. The zero-order valence-corrected chi connectivity index (χ0v) is 12.4. The molecule has 0 aliphatic heterocycles. The Balaban J connectivity index is 1.73. The lowest BCUT2D eigenvalue weighted by Gasteiger charge is -2.10. The predicted octanol–water partition coefficient (Wildman–Crippen LogP) is 2.08. The van der Waals surface area contributed by atoms with Gasteiger partial charge in [0.15, 0.2) is 0 Å². The Morgan fingerprint density at radius 3 is 2.67 bits per heavy atom. The highest BCUT2D eigenvalue weighted by molar-refractivity contribution is 7.12. The van der Waals surface area contributed by atoms with Crippen LogP contribution in [-0.2, 0) is 9.59 Å². The van der Waals surface area contributed by atoms with E-state index >= 15 is 0 Å². The monoisotopic (exact) mass is 310 g/mol. The first-order valence-electron chi connectivity index (χ1n) is 6.96. The standard InChI is InChI=1S/C14H18N2O4S/c17-11(16-10-6-8-21-12(10)14(19)20)5-7-15-13(18)9-3-1-2-4-9/h6,8-9H,1-5,7H2,(H,15,18)(H,16,17)(H,19,20). The quantitative estimate of drug-likeness (QED) is 0.749. The summed E-state index contributed by atoms with van der Waals surface area (Å²) >= 11 is 1.06. The van der Waals surface area contributed by atoms with Crippen molar-refractivity contribution in [2.24, 2.45) is 5.92 Å². The molecule has 1 aliphatic carbocycles. The first-order chi connectivity index (χ1) is 10.1. The van der Waals surface area contributed by atoms with Gasteiger partial charge in [0, 0.05) is 18.9 Å². The van der Waals surface area contributed by atoms with Gasteiger partial charge in [-0.25, -0.2) is 4.79 Å². The molecular weight excluding hydrogens is 292 g/mol. The number of carbonyl (C=O) groups excluding carboxylic acids is 2. The number of carboxylic acid groups (broad SMARTS) is 1. The number of thiophene rings is 1. The van der Waals surface area contributed by atoms with Crippen LogP contribution in [0.5, 0.6) is 0 Å². The van der Waals surface area contributed by atoms with E-state index in [9.17, 15) is 14.4 Å². The van der Waals surface area contributed by atoms with Gasteiger partial charge in [0.1, 0.15) is 4.88 Å². The molecule has 0 unspecified atom stereocenters. The van der Waals surface area contributed by atoms with Gasteiger partial charge in [0.25, 0.3) is 0 Å². The highest BCUT2D eigenvalue weighted by atomic mass is 32.1. The maximum Gasteiger partial charge on any atom is 0.348 e. The average molecular weight is 310 g/mol. The zero-order valence-electron chi connectivity index (χ0n) is 11.6. The van der Waals surface area contributed by atoms with Crippen LogP contribution in [0.15, 0.2) is 11.4 Å². The molecule has 0 saturated heterocycles. The lowest BCUT2D eigenvalue weighted by atomic mass is 10.1. The van der Waals surface area contributed by atoms with Gasteiger partial charge < -0.3 is 15.7 Å². The van der Waals surface area contributed by atoms with Gasteiger partial charge in [-0.2, -0.15) is 0 Å². The van der Waals surface area contributed by atoms with Crippen molar-refractivity contribution in [2.45, 2.75) is 32.1 Å². The number of anilines is 1. The van der Waals surface area contributed by atoms with Crippen molar-refractivity contribution < 1.29 is 19.5 Å². The van der Waals surface area contributed by atoms with Crippen LogP contribution in [0.25, 0.3) is 0 Å². The van der Waals surface area contributed by atoms with Crippen molar-refractivity contribution in [1.82, 2.24) is 5.32 Å². The Morgan fingerprint density at radius 2 is 2.00 bits per heavy atom. The molecule has 1 aliphatic rings. The van der Waals surface area contributed by atoms with Crippen molar-refractivity contribution in [2.75, 3.05) is 11.9 Å². The molecule has 1 saturated carbocycles. The molecule has 3 N–H and O–H groups in total. The number of hydrogen-bond acceptors (Lipinski definition) is 4. The Morgan fingerprint density at radius 1 is 1.29 bits per heavy atom. The molecule has 21 heavy (non-hydrogen) atoms. The highest BCUT2D eigenvalue weighted by Crippen LogP contribution is 2.24. The van der Waals surface area contributed by atoms with E-state index in [0.29, 0.717) is 5.69 Å². The summed E-state index contributed by atoms with van der Waals surface area (Å²) in [5.41, 5.74) is 0.305. The van der Waals surface area contributed by atoms with Gasteiger partial charge >= 0.3 is 5.97 Å². The molecule has 7 heteroatoms. The summed E-state index contributed by atoms with van der Waals surface area (Å²) < 4.78 is 0. The molecule has 6 nitrogen and oxygen atoms in total. The number of hydrogen-bond donors (Lipinski definition) is 3. The van der Waals surface area contributed by atoms with E-state index in [1.165, 1.54) is 0 Å². The summed E-state index contributed by atoms with van der Waals surface area (Å²) in [5, 5.41) is 15.9. The normalized spacial score (nSPS) is 14.9. The van der Waals surface area contributed by atoms with Crippen LogP contribution in [0, 0.1) is 5.92 Å². The third-order valence-corrected chi connectivity index (χ3v) is 4.41. The topological polar surface area (TPSA) is 95.5 Å². The lowest BCUT2D eigenvalue weighted by molar-refractivity contribution is -0.124. The van der Waals surface area contributed by atoms with Crippen molar-refractivity contribution >= 4 is 34.8 Å². The first kappa shape index (κ1) is 15.5. The minimum Gasteiger partial charge on any atom is -0.477 e. The summed E-state index contributed by atoms with van der Waals surface area (Å²) in [5.74, 6) is -1.26. The summed E-state index contributed by atoms with van der Waals surface area (Å²) in [6, 6.07) is 1.56. The fourth-order valence-electron chi connectivity index (χ4n) is 2.42. The zero-order chi connectivity index (χ0) is 15.2.